The molecular weight excluding hydrogens is 260 g/mol. The van der Waals surface area contributed by atoms with Crippen molar-refractivity contribution in [2.45, 2.75) is 6.04 Å². The Balaban J connectivity index is 1.65. The van der Waals surface area contributed by atoms with Gasteiger partial charge in [-0.3, -0.25) is 15.0 Å². The van der Waals surface area contributed by atoms with Gasteiger partial charge in [0.1, 0.15) is 5.82 Å². The average Bonchev–Trinajstić information content (AvgIpc) is 2.37. The minimum absolute atomic E-state index is 0.0156. The van der Waals surface area contributed by atoms with Crippen molar-refractivity contribution < 1.29 is 4.92 Å². The number of nitrogen functional groups attached to an aromatic ring is 1. The second kappa shape index (κ2) is 5.22. The highest BCUT2D eigenvalue weighted by molar-refractivity contribution is 5.58. The van der Waals surface area contributed by atoms with E-state index >= 15 is 0 Å². The van der Waals surface area contributed by atoms with Crippen molar-refractivity contribution in [1.29, 1.82) is 0 Å². The molecular formula is C12H18N6O2. The molecule has 0 radical (unpaired) electrons. The van der Waals surface area contributed by atoms with E-state index in [1.165, 1.54) is 6.07 Å². The molecule has 8 heteroatoms. The van der Waals surface area contributed by atoms with Gasteiger partial charge in [0, 0.05) is 51.4 Å². The SMILES string of the molecule is Nc1nc(N2CCN(C3CNC3)CC2)ccc1[N+](=O)[O-]. The molecule has 3 N–H and O–H groups in total. The normalized spacial score (nSPS) is 20.7. The summed E-state index contributed by atoms with van der Waals surface area (Å²) < 4.78 is 0. The first-order valence-electron chi connectivity index (χ1n) is 6.76. The topological polar surface area (TPSA) is 101 Å². The van der Waals surface area contributed by atoms with Crippen molar-refractivity contribution in [2.75, 3.05) is 49.9 Å². The van der Waals surface area contributed by atoms with Gasteiger partial charge < -0.3 is 16.0 Å². The van der Waals surface area contributed by atoms with E-state index in [1.807, 2.05) is 0 Å². The number of piperazine rings is 1. The van der Waals surface area contributed by atoms with Crippen LogP contribution in [0, 0.1) is 10.1 Å². The van der Waals surface area contributed by atoms with E-state index in [-0.39, 0.29) is 11.5 Å². The maximum absolute atomic E-state index is 10.7. The number of pyridine rings is 1. The first-order valence-corrected chi connectivity index (χ1v) is 6.76. The van der Waals surface area contributed by atoms with Gasteiger partial charge in [-0.25, -0.2) is 4.98 Å². The molecule has 108 valence electrons. The molecule has 1 aromatic heterocycles. The zero-order valence-electron chi connectivity index (χ0n) is 11.2. The summed E-state index contributed by atoms with van der Waals surface area (Å²) in [6.45, 7) is 5.88. The summed E-state index contributed by atoms with van der Waals surface area (Å²) in [6.07, 6.45) is 0. The van der Waals surface area contributed by atoms with Crippen LogP contribution in [0.15, 0.2) is 12.1 Å². The van der Waals surface area contributed by atoms with Gasteiger partial charge in [-0.05, 0) is 6.07 Å². The molecule has 0 spiro atoms. The molecule has 3 rings (SSSR count). The van der Waals surface area contributed by atoms with Gasteiger partial charge in [-0.1, -0.05) is 0 Å². The largest absolute Gasteiger partial charge is 0.378 e. The Kier molecular flexibility index (Phi) is 3.41. The number of nitrogens with one attached hydrogen (secondary N) is 1. The Morgan fingerprint density at radius 3 is 2.50 bits per heavy atom. The monoisotopic (exact) mass is 278 g/mol. The van der Waals surface area contributed by atoms with Gasteiger partial charge >= 0.3 is 5.69 Å². The van der Waals surface area contributed by atoms with E-state index < -0.39 is 4.92 Å². The highest BCUT2D eigenvalue weighted by Gasteiger charge is 2.28. The molecule has 2 aliphatic rings. The maximum Gasteiger partial charge on any atom is 0.311 e. The molecule has 2 aliphatic heterocycles. The summed E-state index contributed by atoms with van der Waals surface area (Å²) in [5.74, 6) is 0.706. The highest BCUT2D eigenvalue weighted by Crippen LogP contribution is 2.24. The molecule has 2 fully saturated rings. The molecule has 0 amide bonds. The Bertz CT molecular complexity index is 511. The first kappa shape index (κ1) is 13.1. The average molecular weight is 278 g/mol. The fraction of sp³-hybridized carbons (Fsp3) is 0.583. The van der Waals surface area contributed by atoms with Crippen LogP contribution >= 0.6 is 0 Å². The maximum atomic E-state index is 10.7. The molecule has 0 atom stereocenters. The van der Waals surface area contributed by atoms with Crippen LogP contribution in [-0.2, 0) is 0 Å². The minimum Gasteiger partial charge on any atom is -0.378 e. The predicted molar refractivity (Wildman–Crippen MR) is 75.7 cm³/mol. The summed E-state index contributed by atoms with van der Waals surface area (Å²) in [5.41, 5.74) is 5.51. The Morgan fingerprint density at radius 2 is 2.00 bits per heavy atom. The summed E-state index contributed by atoms with van der Waals surface area (Å²) in [7, 11) is 0. The molecule has 0 aliphatic carbocycles. The van der Waals surface area contributed by atoms with Crippen LogP contribution in [0.2, 0.25) is 0 Å². The van der Waals surface area contributed by atoms with Gasteiger partial charge in [0.25, 0.3) is 0 Å². The van der Waals surface area contributed by atoms with Crippen molar-refractivity contribution in [2.24, 2.45) is 0 Å². The third-order valence-electron chi connectivity index (χ3n) is 4.00. The quantitative estimate of drug-likeness (QED) is 0.576. The van der Waals surface area contributed by atoms with Gasteiger partial charge in [0.15, 0.2) is 0 Å². The lowest BCUT2D eigenvalue weighted by Crippen LogP contribution is -2.61. The summed E-state index contributed by atoms with van der Waals surface area (Å²) in [5, 5.41) is 14.0. The number of hydrogen-bond acceptors (Lipinski definition) is 7. The summed E-state index contributed by atoms with van der Waals surface area (Å²) >= 11 is 0. The smallest absolute Gasteiger partial charge is 0.311 e. The van der Waals surface area contributed by atoms with E-state index in [2.05, 4.69) is 20.1 Å². The van der Waals surface area contributed by atoms with Gasteiger partial charge in [0.05, 0.1) is 4.92 Å². The van der Waals surface area contributed by atoms with Crippen LogP contribution in [0.25, 0.3) is 0 Å². The van der Waals surface area contributed by atoms with Gasteiger partial charge in [0.2, 0.25) is 5.82 Å². The number of aromatic nitrogens is 1. The Morgan fingerprint density at radius 1 is 1.30 bits per heavy atom. The lowest BCUT2D eigenvalue weighted by Gasteiger charge is -2.43. The van der Waals surface area contributed by atoms with Crippen molar-refractivity contribution >= 4 is 17.3 Å². The Labute approximate surface area is 116 Å². The zero-order valence-corrected chi connectivity index (χ0v) is 11.2. The highest BCUT2D eigenvalue weighted by atomic mass is 16.6. The molecule has 8 nitrogen and oxygen atoms in total. The third kappa shape index (κ3) is 2.39. The fourth-order valence-corrected chi connectivity index (χ4v) is 2.64. The van der Waals surface area contributed by atoms with Crippen molar-refractivity contribution in [3.63, 3.8) is 0 Å². The molecule has 0 unspecified atom stereocenters. The molecule has 0 saturated carbocycles. The van der Waals surface area contributed by atoms with Crippen LogP contribution in [0.5, 0.6) is 0 Å². The lowest BCUT2D eigenvalue weighted by atomic mass is 10.1. The molecule has 3 heterocycles. The van der Waals surface area contributed by atoms with E-state index in [0.29, 0.717) is 6.04 Å². The van der Waals surface area contributed by atoms with Crippen LogP contribution in [0.1, 0.15) is 0 Å². The summed E-state index contributed by atoms with van der Waals surface area (Å²) in [6, 6.07) is 3.77. The van der Waals surface area contributed by atoms with Crippen LogP contribution in [0.4, 0.5) is 17.3 Å². The predicted octanol–water partition coefficient (Wildman–Crippen LogP) is -0.334. The van der Waals surface area contributed by atoms with Crippen LogP contribution in [0.3, 0.4) is 0 Å². The number of anilines is 2. The van der Waals surface area contributed by atoms with Gasteiger partial charge in [-0.15, -0.1) is 0 Å². The summed E-state index contributed by atoms with van der Waals surface area (Å²) in [4.78, 5) is 19.0. The lowest BCUT2D eigenvalue weighted by molar-refractivity contribution is -0.384. The molecule has 1 aromatic rings. The van der Waals surface area contributed by atoms with E-state index in [1.54, 1.807) is 6.07 Å². The second-order valence-electron chi connectivity index (χ2n) is 5.17. The van der Waals surface area contributed by atoms with E-state index in [9.17, 15) is 10.1 Å². The first-order chi connectivity index (χ1) is 9.65. The molecule has 0 bridgehead atoms. The molecule has 0 aromatic carbocycles. The number of nitrogens with two attached hydrogens (primary N) is 1. The molecule has 20 heavy (non-hydrogen) atoms. The van der Waals surface area contributed by atoms with Crippen molar-refractivity contribution in [3.05, 3.63) is 22.2 Å². The minimum atomic E-state index is -0.506. The zero-order chi connectivity index (χ0) is 14.1. The third-order valence-corrected chi connectivity index (χ3v) is 4.00. The van der Waals surface area contributed by atoms with Crippen molar-refractivity contribution in [1.82, 2.24) is 15.2 Å². The second-order valence-corrected chi connectivity index (χ2v) is 5.17. The van der Waals surface area contributed by atoms with Crippen molar-refractivity contribution in [3.8, 4) is 0 Å². The van der Waals surface area contributed by atoms with E-state index in [0.717, 1.165) is 45.1 Å². The Hall–Kier alpha value is -1.93. The fourth-order valence-electron chi connectivity index (χ4n) is 2.64. The number of nitro groups is 1. The number of hydrogen-bond donors (Lipinski definition) is 2. The van der Waals surface area contributed by atoms with Gasteiger partial charge in [-0.2, -0.15) is 0 Å². The van der Waals surface area contributed by atoms with E-state index in [4.69, 9.17) is 5.73 Å². The standard InChI is InChI=1S/C12H18N6O2/c13-12-10(18(19)20)1-2-11(15-12)17-5-3-16(4-6-17)9-7-14-8-9/h1-2,9,14H,3-8H2,(H2,13,15). The number of nitrogens with zero attached hydrogens (tertiary/aromatic N) is 4. The number of rotatable bonds is 3. The molecule has 2 saturated heterocycles. The van der Waals surface area contributed by atoms with Crippen LogP contribution in [-0.4, -0.2) is 60.1 Å². The van der Waals surface area contributed by atoms with Crippen LogP contribution < -0.4 is 16.0 Å².